The molecule has 0 saturated heterocycles. The summed E-state index contributed by atoms with van der Waals surface area (Å²) in [4.78, 5) is 16.6. The number of aromatic nitrogens is 1. The van der Waals surface area contributed by atoms with Crippen molar-refractivity contribution < 1.29 is 14.3 Å². The van der Waals surface area contributed by atoms with Gasteiger partial charge in [0.25, 0.3) is 0 Å². The second-order valence-corrected chi connectivity index (χ2v) is 7.30. The van der Waals surface area contributed by atoms with E-state index in [-0.39, 0.29) is 30.5 Å². The fourth-order valence-electron chi connectivity index (χ4n) is 2.10. The normalized spacial score (nSPS) is 14.0. The number of carbonyl (C=O) groups is 1. The monoisotopic (exact) mass is 369 g/mol. The molecule has 24 heavy (non-hydrogen) atoms. The fourth-order valence-corrected chi connectivity index (χ4v) is 2.82. The highest BCUT2D eigenvalue weighted by Gasteiger charge is 2.28. The Bertz CT molecular complexity index is 742. The molecule has 1 amide bonds. The topological polar surface area (TPSA) is 86.5 Å². The zero-order chi connectivity index (χ0) is 16.6. The molecule has 3 rings (SSSR count). The predicted octanol–water partition coefficient (Wildman–Crippen LogP) is 3.27. The number of nitrogens with two attached hydrogens (primary N) is 1. The SMILES string of the molecule is CC(C)(C)[C@H](N)C(=O)Nc1nc(-c2ccc3c(c2)OCO3)cs1.Cl. The van der Waals surface area contributed by atoms with Gasteiger partial charge in [-0.1, -0.05) is 20.8 Å². The Labute approximate surface area is 150 Å². The van der Waals surface area contributed by atoms with Crippen molar-refractivity contribution in [3.63, 3.8) is 0 Å². The van der Waals surface area contributed by atoms with E-state index in [1.165, 1.54) is 11.3 Å². The number of thiazole rings is 1. The first-order valence-electron chi connectivity index (χ1n) is 7.26. The zero-order valence-electron chi connectivity index (χ0n) is 13.7. The lowest BCUT2D eigenvalue weighted by Crippen LogP contribution is -2.45. The second-order valence-electron chi connectivity index (χ2n) is 6.44. The average Bonchev–Trinajstić information content (AvgIpc) is 3.13. The number of anilines is 1. The molecule has 6 nitrogen and oxygen atoms in total. The first-order chi connectivity index (χ1) is 10.8. The smallest absolute Gasteiger partial charge is 0.243 e. The lowest BCUT2D eigenvalue weighted by molar-refractivity contribution is -0.119. The maximum atomic E-state index is 12.2. The van der Waals surface area contributed by atoms with Crippen LogP contribution in [-0.2, 0) is 4.79 Å². The zero-order valence-corrected chi connectivity index (χ0v) is 15.3. The van der Waals surface area contributed by atoms with Gasteiger partial charge in [-0.2, -0.15) is 0 Å². The first-order valence-corrected chi connectivity index (χ1v) is 8.14. The van der Waals surface area contributed by atoms with Crippen LogP contribution < -0.4 is 20.5 Å². The van der Waals surface area contributed by atoms with Crippen LogP contribution in [0.15, 0.2) is 23.6 Å². The van der Waals surface area contributed by atoms with Crippen LogP contribution in [0.4, 0.5) is 5.13 Å². The van der Waals surface area contributed by atoms with E-state index in [2.05, 4.69) is 10.3 Å². The molecular formula is C16H20ClN3O3S. The quantitative estimate of drug-likeness (QED) is 0.867. The number of amides is 1. The Balaban J connectivity index is 0.00000208. The molecule has 1 aromatic carbocycles. The van der Waals surface area contributed by atoms with Crippen LogP contribution in [-0.4, -0.2) is 23.7 Å². The molecule has 2 aromatic rings. The van der Waals surface area contributed by atoms with Crippen LogP contribution in [0.25, 0.3) is 11.3 Å². The molecule has 0 aliphatic carbocycles. The van der Waals surface area contributed by atoms with Gasteiger partial charge in [0.2, 0.25) is 12.7 Å². The molecule has 0 saturated carbocycles. The third kappa shape index (κ3) is 3.80. The number of nitrogens with zero attached hydrogens (tertiary/aromatic N) is 1. The summed E-state index contributed by atoms with van der Waals surface area (Å²) in [5.74, 6) is 1.20. The summed E-state index contributed by atoms with van der Waals surface area (Å²) in [6.45, 7) is 6.02. The second kappa shape index (κ2) is 6.96. The minimum absolute atomic E-state index is 0. The maximum absolute atomic E-state index is 12.2. The molecule has 0 radical (unpaired) electrons. The van der Waals surface area contributed by atoms with E-state index >= 15 is 0 Å². The summed E-state index contributed by atoms with van der Waals surface area (Å²) in [6.07, 6.45) is 0. The average molecular weight is 370 g/mol. The third-order valence-electron chi connectivity index (χ3n) is 3.62. The van der Waals surface area contributed by atoms with Gasteiger partial charge in [0.1, 0.15) is 0 Å². The third-order valence-corrected chi connectivity index (χ3v) is 4.38. The molecule has 0 spiro atoms. The van der Waals surface area contributed by atoms with E-state index in [9.17, 15) is 4.79 Å². The highest BCUT2D eigenvalue weighted by atomic mass is 35.5. The van der Waals surface area contributed by atoms with Gasteiger partial charge in [-0.15, -0.1) is 23.7 Å². The number of hydrogen-bond acceptors (Lipinski definition) is 6. The van der Waals surface area contributed by atoms with Crippen LogP contribution in [0, 0.1) is 5.41 Å². The van der Waals surface area contributed by atoms with Gasteiger partial charge in [-0.25, -0.2) is 4.98 Å². The Kier molecular flexibility index (Phi) is 5.37. The van der Waals surface area contributed by atoms with Crippen LogP contribution in [0.3, 0.4) is 0 Å². The highest BCUT2D eigenvalue weighted by molar-refractivity contribution is 7.14. The van der Waals surface area contributed by atoms with E-state index in [1.807, 2.05) is 44.4 Å². The molecule has 0 unspecified atom stereocenters. The molecule has 0 fully saturated rings. The molecule has 1 atom stereocenters. The van der Waals surface area contributed by atoms with Crippen molar-refractivity contribution in [3.05, 3.63) is 23.6 Å². The van der Waals surface area contributed by atoms with E-state index in [1.54, 1.807) is 0 Å². The van der Waals surface area contributed by atoms with Gasteiger partial charge in [0.05, 0.1) is 11.7 Å². The fraction of sp³-hybridized carbons (Fsp3) is 0.375. The summed E-state index contributed by atoms with van der Waals surface area (Å²) in [6, 6.07) is 5.05. The number of rotatable bonds is 3. The van der Waals surface area contributed by atoms with Gasteiger partial charge in [-0.3, -0.25) is 4.79 Å². The van der Waals surface area contributed by atoms with Crippen LogP contribution in [0.2, 0.25) is 0 Å². The summed E-state index contributed by atoms with van der Waals surface area (Å²) >= 11 is 1.36. The van der Waals surface area contributed by atoms with E-state index in [0.29, 0.717) is 10.9 Å². The number of halogens is 1. The predicted molar refractivity (Wildman–Crippen MR) is 97.0 cm³/mol. The van der Waals surface area contributed by atoms with E-state index < -0.39 is 6.04 Å². The number of ether oxygens (including phenoxy) is 2. The molecule has 1 aromatic heterocycles. The minimum atomic E-state index is -0.597. The van der Waals surface area contributed by atoms with E-state index in [0.717, 1.165) is 17.0 Å². The lowest BCUT2D eigenvalue weighted by atomic mass is 9.87. The van der Waals surface area contributed by atoms with Crippen molar-refractivity contribution in [2.75, 3.05) is 12.1 Å². The van der Waals surface area contributed by atoms with Crippen LogP contribution >= 0.6 is 23.7 Å². The Morgan fingerprint density at radius 3 is 2.75 bits per heavy atom. The summed E-state index contributed by atoms with van der Waals surface area (Å²) in [7, 11) is 0. The van der Waals surface area contributed by atoms with Crippen molar-refractivity contribution in [2.45, 2.75) is 26.8 Å². The summed E-state index contributed by atoms with van der Waals surface area (Å²) in [5, 5.41) is 5.19. The molecular weight excluding hydrogens is 350 g/mol. The van der Waals surface area contributed by atoms with Gasteiger partial charge in [0, 0.05) is 10.9 Å². The van der Waals surface area contributed by atoms with Crippen molar-refractivity contribution in [1.29, 1.82) is 0 Å². The Morgan fingerprint density at radius 2 is 2.04 bits per heavy atom. The molecule has 1 aliphatic heterocycles. The molecule has 0 bridgehead atoms. The molecule has 8 heteroatoms. The van der Waals surface area contributed by atoms with Gasteiger partial charge in [-0.05, 0) is 23.6 Å². The van der Waals surface area contributed by atoms with Gasteiger partial charge >= 0.3 is 0 Å². The minimum Gasteiger partial charge on any atom is -0.454 e. The van der Waals surface area contributed by atoms with E-state index in [4.69, 9.17) is 15.2 Å². The number of hydrogen-bond donors (Lipinski definition) is 2. The Hall–Kier alpha value is -1.83. The largest absolute Gasteiger partial charge is 0.454 e. The summed E-state index contributed by atoms with van der Waals surface area (Å²) < 4.78 is 10.7. The van der Waals surface area contributed by atoms with Gasteiger partial charge in [0.15, 0.2) is 16.6 Å². The summed E-state index contributed by atoms with van der Waals surface area (Å²) in [5.41, 5.74) is 7.33. The maximum Gasteiger partial charge on any atom is 0.243 e. The molecule has 130 valence electrons. The molecule has 1 aliphatic rings. The lowest BCUT2D eigenvalue weighted by Gasteiger charge is -2.25. The van der Waals surface area contributed by atoms with Crippen molar-refractivity contribution in [1.82, 2.24) is 4.98 Å². The van der Waals surface area contributed by atoms with Crippen molar-refractivity contribution >= 4 is 34.8 Å². The van der Waals surface area contributed by atoms with Gasteiger partial charge < -0.3 is 20.5 Å². The molecule has 2 heterocycles. The Morgan fingerprint density at radius 1 is 1.33 bits per heavy atom. The van der Waals surface area contributed by atoms with Crippen LogP contribution in [0.1, 0.15) is 20.8 Å². The number of carbonyl (C=O) groups excluding carboxylic acids is 1. The highest BCUT2D eigenvalue weighted by Crippen LogP contribution is 2.36. The first kappa shape index (κ1) is 18.5. The van der Waals surface area contributed by atoms with Crippen molar-refractivity contribution in [3.8, 4) is 22.8 Å². The standard InChI is InChI=1S/C16H19N3O3S.ClH/c1-16(2,3)13(17)14(20)19-15-18-10(7-23-15)9-4-5-11-12(6-9)22-8-21-11;/h4-7,13H,8,17H2,1-3H3,(H,18,19,20);1H/t13-;/m1./s1. The molecule has 3 N–H and O–H groups in total. The number of nitrogens with one attached hydrogen (secondary N) is 1. The number of benzene rings is 1. The van der Waals surface area contributed by atoms with Crippen molar-refractivity contribution in [2.24, 2.45) is 11.1 Å². The van der Waals surface area contributed by atoms with Crippen LogP contribution in [0.5, 0.6) is 11.5 Å². The number of fused-ring (bicyclic) bond motifs is 1.